The van der Waals surface area contributed by atoms with Crippen molar-refractivity contribution in [3.63, 3.8) is 0 Å². The molecular formula is C12H14F2N4O3S. The summed E-state index contributed by atoms with van der Waals surface area (Å²) in [5.74, 6) is -3.94. The molecular weight excluding hydrogens is 318 g/mol. The number of nitrogens with two attached hydrogens (primary N) is 1. The highest BCUT2D eigenvalue weighted by atomic mass is 32.2. The van der Waals surface area contributed by atoms with Gasteiger partial charge in [-0.05, 0) is 12.1 Å². The summed E-state index contributed by atoms with van der Waals surface area (Å²) in [7, 11) is -3.69. The molecule has 0 spiro atoms. The maximum absolute atomic E-state index is 12.9. The van der Waals surface area contributed by atoms with E-state index < -0.39 is 41.5 Å². The fourth-order valence-electron chi connectivity index (χ4n) is 1.76. The van der Waals surface area contributed by atoms with Crippen molar-refractivity contribution >= 4 is 21.8 Å². The van der Waals surface area contributed by atoms with E-state index in [2.05, 4.69) is 9.71 Å². The predicted molar refractivity (Wildman–Crippen MR) is 75.2 cm³/mol. The number of benzene rings is 1. The van der Waals surface area contributed by atoms with Crippen molar-refractivity contribution in [1.29, 1.82) is 0 Å². The number of carbonyl (C=O) groups is 1. The van der Waals surface area contributed by atoms with Gasteiger partial charge in [0, 0.05) is 5.56 Å². The number of amides is 1. The van der Waals surface area contributed by atoms with Gasteiger partial charge in [0.25, 0.3) is 15.9 Å². The lowest BCUT2D eigenvalue weighted by molar-refractivity contribution is -0.121. The van der Waals surface area contributed by atoms with Crippen LogP contribution in [-0.2, 0) is 14.8 Å². The van der Waals surface area contributed by atoms with E-state index in [-0.39, 0.29) is 10.7 Å². The van der Waals surface area contributed by atoms with Crippen LogP contribution in [0.5, 0.6) is 0 Å². The molecule has 1 aromatic carbocycles. The summed E-state index contributed by atoms with van der Waals surface area (Å²) in [5.41, 5.74) is 5.18. The third-order valence-corrected chi connectivity index (χ3v) is 4.28. The van der Waals surface area contributed by atoms with Crippen molar-refractivity contribution in [2.45, 2.75) is 10.8 Å². The zero-order valence-corrected chi connectivity index (χ0v) is 12.2. The molecule has 0 radical (unpaired) electrons. The summed E-state index contributed by atoms with van der Waals surface area (Å²) in [6.45, 7) is -2.25. The fourth-order valence-corrected chi connectivity index (χ4v) is 3.01. The standard InChI is InChI=1S/C12H14F2N4O3S/c13-12(14,6-15)7-17-10(19)5-16-11-8-3-1-2-4-9(8)22(20,21)18-11/h1-4H,5-7,15H2,(H,16,18)(H,17,19). The van der Waals surface area contributed by atoms with Gasteiger partial charge >= 0.3 is 0 Å². The Morgan fingerprint density at radius 3 is 2.73 bits per heavy atom. The highest BCUT2D eigenvalue weighted by Gasteiger charge is 2.30. The lowest BCUT2D eigenvalue weighted by Crippen LogP contribution is -2.42. The Labute approximate surface area is 125 Å². The summed E-state index contributed by atoms with van der Waals surface area (Å²) in [6.07, 6.45) is 0. The number of aliphatic imine (C=N–C) groups is 1. The topological polar surface area (TPSA) is 114 Å². The first-order chi connectivity index (χ1) is 10.2. The fraction of sp³-hybridized carbons (Fsp3) is 0.333. The number of carbonyl (C=O) groups excluding carboxylic acids is 1. The molecule has 10 heteroatoms. The largest absolute Gasteiger partial charge is 0.348 e. The van der Waals surface area contributed by atoms with Crippen LogP contribution in [0, 0.1) is 0 Å². The van der Waals surface area contributed by atoms with E-state index in [0.29, 0.717) is 5.56 Å². The third kappa shape index (κ3) is 3.57. The van der Waals surface area contributed by atoms with Gasteiger partial charge in [0.15, 0.2) is 0 Å². The Kier molecular flexibility index (Phi) is 4.42. The summed E-state index contributed by atoms with van der Waals surface area (Å²) < 4.78 is 51.6. The van der Waals surface area contributed by atoms with Gasteiger partial charge in [-0.25, -0.2) is 17.2 Å². The number of rotatable bonds is 5. The first-order valence-electron chi connectivity index (χ1n) is 6.26. The summed E-state index contributed by atoms with van der Waals surface area (Å²) >= 11 is 0. The number of hydrogen-bond donors (Lipinski definition) is 3. The number of nitrogens with zero attached hydrogens (tertiary/aromatic N) is 1. The van der Waals surface area contributed by atoms with Crippen LogP contribution in [0.4, 0.5) is 8.78 Å². The number of fused-ring (bicyclic) bond motifs is 1. The maximum Gasteiger partial charge on any atom is 0.277 e. The Hall–Kier alpha value is -2.07. The highest BCUT2D eigenvalue weighted by Crippen LogP contribution is 2.21. The van der Waals surface area contributed by atoms with E-state index in [1.54, 1.807) is 12.1 Å². The normalized spacial score (nSPS) is 17.9. The summed E-state index contributed by atoms with van der Waals surface area (Å²) in [6, 6.07) is 6.12. The molecule has 0 saturated carbocycles. The third-order valence-electron chi connectivity index (χ3n) is 2.89. The first kappa shape index (κ1) is 16.3. The van der Waals surface area contributed by atoms with E-state index in [0.717, 1.165) is 0 Å². The highest BCUT2D eigenvalue weighted by molar-refractivity contribution is 7.90. The molecule has 4 N–H and O–H groups in total. The van der Waals surface area contributed by atoms with Gasteiger partial charge in [-0.2, -0.15) is 0 Å². The van der Waals surface area contributed by atoms with Crippen LogP contribution in [0.25, 0.3) is 0 Å². The SMILES string of the molecule is NCC(F)(F)CNC(=O)CN=C1NS(=O)(=O)c2ccccc21. The Morgan fingerprint density at radius 2 is 2.05 bits per heavy atom. The second-order valence-electron chi connectivity index (χ2n) is 4.60. The quantitative estimate of drug-likeness (QED) is 0.670. The average Bonchev–Trinajstić information content (AvgIpc) is 2.75. The smallest absolute Gasteiger partial charge is 0.277 e. The van der Waals surface area contributed by atoms with Crippen LogP contribution >= 0.6 is 0 Å². The summed E-state index contributed by atoms with van der Waals surface area (Å²) in [5, 5.41) is 1.99. The van der Waals surface area contributed by atoms with E-state index in [1.807, 2.05) is 5.32 Å². The van der Waals surface area contributed by atoms with Gasteiger partial charge in [-0.15, -0.1) is 0 Å². The van der Waals surface area contributed by atoms with Gasteiger partial charge in [0.2, 0.25) is 5.91 Å². The number of hydrogen-bond acceptors (Lipinski definition) is 5. The van der Waals surface area contributed by atoms with Crippen LogP contribution in [0.2, 0.25) is 0 Å². The van der Waals surface area contributed by atoms with Gasteiger partial charge in [-0.3, -0.25) is 14.5 Å². The molecule has 0 saturated heterocycles. The molecule has 0 aromatic heterocycles. The molecule has 0 fully saturated rings. The molecule has 7 nitrogen and oxygen atoms in total. The summed E-state index contributed by atoms with van der Waals surface area (Å²) in [4.78, 5) is 15.4. The van der Waals surface area contributed by atoms with E-state index in [4.69, 9.17) is 5.73 Å². The van der Waals surface area contributed by atoms with Crippen molar-refractivity contribution in [2.75, 3.05) is 19.6 Å². The van der Waals surface area contributed by atoms with Crippen molar-refractivity contribution in [1.82, 2.24) is 10.0 Å². The second-order valence-corrected chi connectivity index (χ2v) is 6.25. The molecule has 2 rings (SSSR count). The minimum absolute atomic E-state index is 0.0105. The molecule has 0 atom stereocenters. The Bertz CT molecular complexity index is 719. The number of amidine groups is 1. The van der Waals surface area contributed by atoms with Crippen molar-refractivity contribution in [2.24, 2.45) is 10.7 Å². The predicted octanol–water partition coefficient (Wildman–Crippen LogP) is -0.565. The molecule has 0 unspecified atom stereocenters. The lowest BCUT2D eigenvalue weighted by atomic mass is 10.2. The van der Waals surface area contributed by atoms with Gasteiger partial charge in [0.05, 0.1) is 18.0 Å². The molecule has 1 heterocycles. The van der Waals surface area contributed by atoms with Crippen LogP contribution in [0.1, 0.15) is 5.56 Å². The Balaban J connectivity index is 2.05. The van der Waals surface area contributed by atoms with E-state index >= 15 is 0 Å². The minimum atomic E-state index is -3.69. The van der Waals surface area contributed by atoms with Crippen LogP contribution < -0.4 is 15.8 Å². The Morgan fingerprint density at radius 1 is 1.36 bits per heavy atom. The molecule has 22 heavy (non-hydrogen) atoms. The maximum atomic E-state index is 12.9. The molecule has 0 aliphatic carbocycles. The molecule has 120 valence electrons. The van der Waals surface area contributed by atoms with E-state index in [9.17, 15) is 22.0 Å². The van der Waals surface area contributed by atoms with Crippen molar-refractivity contribution in [3.05, 3.63) is 29.8 Å². The van der Waals surface area contributed by atoms with Gasteiger partial charge < -0.3 is 11.1 Å². The molecule has 1 aliphatic heterocycles. The van der Waals surface area contributed by atoms with Crippen molar-refractivity contribution in [3.8, 4) is 0 Å². The lowest BCUT2D eigenvalue weighted by Gasteiger charge is -2.13. The number of nitrogens with one attached hydrogen (secondary N) is 2. The molecule has 1 amide bonds. The monoisotopic (exact) mass is 332 g/mol. The zero-order valence-electron chi connectivity index (χ0n) is 11.3. The first-order valence-corrected chi connectivity index (χ1v) is 7.75. The molecule has 0 bridgehead atoms. The van der Waals surface area contributed by atoms with Gasteiger partial charge in [-0.1, -0.05) is 12.1 Å². The van der Waals surface area contributed by atoms with Crippen LogP contribution in [-0.4, -0.2) is 45.7 Å². The van der Waals surface area contributed by atoms with Crippen LogP contribution in [0.15, 0.2) is 34.2 Å². The van der Waals surface area contributed by atoms with Crippen LogP contribution in [0.3, 0.4) is 0 Å². The number of alkyl halides is 2. The molecule has 1 aromatic rings. The zero-order chi connectivity index (χ0) is 16.4. The van der Waals surface area contributed by atoms with E-state index in [1.165, 1.54) is 12.1 Å². The molecule has 1 aliphatic rings. The number of sulfonamides is 1. The van der Waals surface area contributed by atoms with Gasteiger partial charge in [0.1, 0.15) is 12.4 Å². The number of halogens is 2. The average molecular weight is 332 g/mol. The minimum Gasteiger partial charge on any atom is -0.348 e. The second kappa shape index (κ2) is 5.97. The van der Waals surface area contributed by atoms with Crippen molar-refractivity contribution < 1.29 is 22.0 Å².